The third-order valence-corrected chi connectivity index (χ3v) is 8.27. The van der Waals surface area contributed by atoms with Crippen LogP contribution < -0.4 is 0 Å². The van der Waals surface area contributed by atoms with Gasteiger partial charge in [-0.25, -0.2) is 0 Å². The standard InChI is InChI=1S/C42H82O7/c1-9-17-23-25-27-35-47-41(39(45-33-21-13-5)37(29-15-7)43-31-19-11-3)49-42(48-36-28-26-24-18-10-2)40(46-34-22-14-6)38(30-16-8)44-32-20-12-4/h41-42H,9-36H2,1-8H3. The van der Waals surface area contributed by atoms with Crippen molar-refractivity contribution >= 4 is 0 Å². The highest BCUT2D eigenvalue weighted by molar-refractivity contribution is 5.09. The minimum Gasteiger partial charge on any atom is -0.494 e. The van der Waals surface area contributed by atoms with E-state index in [2.05, 4.69) is 55.4 Å². The topological polar surface area (TPSA) is 64.6 Å². The Kier molecular flexibility index (Phi) is 35.3. The first-order valence-electron chi connectivity index (χ1n) is 20.9. The summed E-state index contributed by atoms with van der Waals surface area (Å²) in [5, 5.41) is 0. The van der Waals surface area contributed by atoms with Gasteiger partial charge >= 0.3 is 0 Å². The predicted molar refractivity (Wildman–Crippen MR) is 205 cm³/mol. The van der Waals surface area contributed by atoms with Crippen LogP contribution in [0.4, 0.5) is 0 Å². The quantitative estimate of drug-likeness (QED) is 0.0361. The van der Waals surface area contributed by atoms with Gasteiger partial charge < -0.3 is 33.2 Å². The largest absolute Gasteiger partial charge is 0.494 e. The molecule has 0 rings (SSSR count). The smallest absolute Gasteiger partial charge is 0.223 e. The van der Waals surface area contributed by atoms with E-state index in [-0.39, 0.29) is 0 Å². The van der Waals surface area contributed by atoms with Crippen molar-refractivity contribution in [2.24, 2.45) is 0 Å². The number of rotatable bonds is 38. The van der Waals surface area contributed by atoms with Crippen LogP contribution in [0, 0.1) is 0 Å². The van der Waals surface area contributed by atoms with Gasteiger partial charge in [0.1, 0.15) is 11.5 Å². The highest BCUT2D eigenvalue weighted by Gasteiger charge is 2.32. The Morgan fingerprint density at radius 1 is 0.327 bits per heavy atom. The molecular formula is C42H82O7. The van der Waals surface area contributed by atoms with Gasteiger partial charge in [-0.05, 0) is 51.4 Å². The van der Waals surface area contributed by atoms with Gasteiger partial charge in [-0.1, -0.05) is 132 Å². The summed E-state index contributed by atoms with van der Waals surface area (Å²) in [7, 11) is 0. The fraction of sp³-hybridized carbons (Fsp3) is 0.905. The molecule has 0 N–H and O–H groups in total. The van der Waals surface area contributed by atoms with Crippen molar-refractivity contribution in [3.63, 3.8) is 0 Å². The average molecular weight is 699 g/mol. The molecule has 0 aliphatic carbocycles. The van der Waals surface area contributed by atoms with Crippen LogP contribution in [0.15, 0.2) is 23.0 Å². The first-order chi connectivity index (χ1) is 24.1. The Morgan fingerprint density at radius 3 is 0.980 bits per heavy atom. The second kappa shape index (κ2) is 36.4. The molecule has 292 valence electrons. The Labute approximate surface area is 304 Å². The van der Waals surface area contributed by atoms with Crippen LogP contribution in [0.3, 0.4) is 0 Å². The van der Waals surface area contributed by atoms with Gasteiger partial charge in [-0.2, -0.15) is 0 Å². The summed E-state index contributed by atoms with van der Waals surface area (Å²) in [6.45, 7) is 21.2. The molecule has 0 aromatic rings. The maximum atomic E-state index is 6.99. The lowest BCUT2D eigenvalue weighted by molar-refractivity contribution is -0.243. The Hall–Kier alpha value is -1.44. The summed E-state index contributed by atoms with van der Waals surface area (Å²) in [5.41, 5.74) is 0. The van der Waals surface area contributed by atoms with E-state index in [9.17, 15) is 0 Å². The van der Waals surface area contributed by atoms with Gasteiger partial charge in [0.05, 0.1) is 39.6 Å². The van der Waals surface area contributed by atoms with Crippen molar-refractivity contribution < 1.29 is 33.2 Å². The second-order valence-electron chi connectivity index (χ2n) is 13.3. The van der Waals surface area contributed by atoms with Gasteiger partial charge in [0.25, 0.3) is 0 Å². The van der Waals surface area contributed by atoms with Crippen molar-refractivity contribution in [1.82, 2.24) is 0 Å². The molecule has 0 amide bonds. The van der Waals surface area contributed by atoms with E-state index in [1.165, 1.54) is 38.5 Å². The lowest BCUT2D eigenvalue weighted by Gasteiger charge is -2.30. The summed E-state index contributed by atoms with van der Waals surface area (Å²) in [4.78, 5) is 0. The molecule has 0 aromatic carbocycles. The highest BCUT2D eigenvalue weighted by Crippen LogP contribution is 2.28. The van der Waals surface area contributed by atoms with Crippen molar-refractivity contribution in [3.05, 3.63) is 23.0 Å². The summed E-state index contributed by atoms with van der Waals surface area (Å²) in [5.74, 6) is 2.94. The predicted octanol–water partition coefficient (Wildman–Crippen LogP) is 12.9. The third kappa shape index (κ3) is 25.2. The molecule has 0 fully saturated rings. The van der Waals surface area contributed by atoms with E-state index >= 15 is 0 Å². The Morgan fingerprint density at radius 2 is 0.653 bits per heavy atom. The Bertz CT molecular complexity index is 704. The monoisotopic (exact) mass is 699 g/mol. The van der Waals surface area contributed by atoms with E-state index in [0.29, 0.717) is 51.2 Å². The van der Waals surface area contributed by atoms with Crippen molar-refractivity contribution in [2.75, 3.05) is 39.6 Å². The third-order valence-electron chi connectivity index (χ3n) is 8.27. The highest BCUT2D eigenvalue weighted by atomic mass is 16.8. The molecule has 0 spiro atoms. The molecule has 0 aromatic heterocycles. The average Bonchev–Trinajstić information content (AvgIpc) is 3.10. The Balaban J connectivity index is 6.94. The molecule has 0 radical (unpaired) electrons. The zero-order chi connectivity index (χ0) is 36.2. The molecule has 2 atom stereocenters. The molecule has 7 heteroatoms. The summed E-state index contributed by atoms with van der Waals surface area (Å²) < 4.78 is 46.4. The summed E-state index contributed by atoms with van der Waals surface area (Å²) >= 11 is 0. The van der Waals surface area contributed by atoms with E-state index in [0.717, 1.165) is 114 Å². The minimum atomic E-state index is -0.792. The zero-order valence-electron chi connectivity index (χ0n) is 33.8. The van der Waals surface area contributed by atoms with Crippen LogP contribution in [0.5, 0.6) is 0 Å². The van der Waals surface area contributed by atoms with Crippen LogP contribution in [-0.4, -0.2) is 52.2 Å². The number of unbranched alkanes of at least 4 members (excludes halogenated alkanes) is 12. The van der Waals surface area contributed by atoms with Gasteiger partial charge in [-0.3, -0.25) is 0 Å². The van der Waals surface area contributed by atoms with Gasteiger partial charge in [0.2, 0.25) is 12.6 Å². The van der Waals surface area contributed by atoms with Crippen LogP contribution in [-0.2, 0) is 33.2 Å². The zero-order valence-corrected chi connectivity index (χ0v) is 33.8. The first-order valence-corrected chi connectivity index (χ1v) is 20.9. The molecule has 0 aliphatic rings. The van der Waals surface area contributed by atoms with Crippen LogP contribution in [0.1, 0.15) is 197 Å². The molecule has 0 saturated heterocycles. The van der Waals surface area contributed by atoms with Crippen LogP contribution in [0.2, 0.25) is 0 Å². The van der Waals surface area contributed by atoms with E-state index in [4.69, 9.17) is 33.2 Å². The fourth-order valence-corrected chi connectivity index (χ4v) is 5.14. The molecule has 49 heavy (non-hydrogen) atoms. The minimum absolute atomic E-state index is 0.567. The van der Waals surface area contributed by atoms with Crippen molar-refractivity contribution in [2.45, 2.75) is 209 Å². The molecule has 0 bridgehead atoms. The molecule has 0 heterocycles. The van der Waals surface area contributed by atoms with Gasteiger partial charge in [0, 0.05) is 12.8 Å². The fourth-order valence-electron chi connectivity index (χ4n) is 5.14. The lowest BCUT2D eigenvalue weighted by Crippen LogP contribution is -2.34. The molecule has 0 aliphatic heterocycles. The SMILES string of the molecule is CCCCCCCOC(OC(OCCCCCCC)C(OCCCC)=C(CCC)OCCCC)C(OCCCC)=C(CCC)OCCCC. The van der Waals surface area contributed by atoms with Crippen LogP contribution >= 0.6 is 0 Å². The van der Waals surface area contributed by atoms with E-state index in [1.54, 1.807) is 0 Å². The number of hydrogen-bond donors (Lipinski definition) is 0. The number of allylic oxidation sites excluding steroid dienone is 2. The second-order valence-corrected chi connectivity index (χ2v) is 13.3. The van der Waals surface area contributed by atoms with Gasteiger partial charge in [-0.15, -0.1) is 0 Å². The maximum absolute atomic E-state index is 6.99. The lowest BCUT2D eigenvalue weighted by atomic mass is 10.2. The molecule has 0 saturated carbocycles. The summed E-state index contributed by atoms with van der Waals surface area (Å²) in [6.07, 6.45) is 21.3. The van der Waals surface area contributed by atoms with Crippen molar-refractivity contribution in [1.29, 1.82) is 0 Å². The number of hydrogen-bond acceptors (Lipinski definition) is 7. The van der Waals surface area contributed by atoms with Gasteiger partial charge in [0.15, 0.2) is 11.5 Å². The van der Waals surface area contributed by atoms with Crippen LogP contribution in [0.25, 0.3) is 0 Å². The molecule has 7 nitrogen and oxygen atoms in total. The van der Waals surface area contributed by atoms with E-state index in [1.807, 2.05) is 0 Å². The summed E-state index contributed by atoms with van der Waals surface area (Å²) in [6, 6.07) is 0. The number of ether oxygens (including phenoxy) is 7. The molecule has 2 unspecified atom stereocenters. The van der Waals surface area contributed by atoms with Crippen molar-refractivity contribution in [3.8, 4) is 0 Å². The normalized spacial score (nSPS) is 13.9. The first kappa shape index (κ1) is 47.6. The van der Waals surface area contributed by atoms with E-state index < -0.39 is 12.6 Å². The molecular weight excluding hydrogens is 616 g/mol. The maximum Gasteiger partial charge on any atom is 0.223 e.